The first-order chi connectivity index (χ1) is 9.94. The van der Waals surface area contributed by atoms with Gasteiger partial charge in [-0.15, -0.1) is 0 Å². The van der Waals surface area contributed by atoms with E-state index in [2.05, 4.69) is 5.16 Å². The molecule has 0 radical (unpaired) electrons. The monoisotopic (exact) mass is 292 g/mol. The Morgan fingerprint density at radius 1 is 1.52 bits per heavy atom. The first-order valence-electron chi connectivity index (χ1n) is 7.43. The van der Waals surface area contributed by atoms with Gasteiger partial charge in [-0.05, 0) is 24.7 Å². The maximum Gasteiger partial charge on any atom is 0.311 e. The zero-order chi connectivity index (χ0) is 15.2. The van der Waals surface area contributed by atoms with E-state index in [0.29, 0.717) is 13.0 Å². The van der Waals surface area contributed by atoms with Crippen LogP contribution in [0.25, 0.3) is 0 Å². The highest BCUT2D eigenvalue weighted by atomic mass is 16.5. The molecule has 1 aliphatic carbocycles. The van der Waals surface area contributed by atoms with Crippen LogP contribution in [0.2, 0.25) is 0 Å². The van der Waals surface area contributed by atoms with Crippen LogP contribution < -0.4 is 0 Å². The topological polar surface area (TPSA) is 83.6 Å². The van der Waals surface area contributed by atoms with Crippen molar-refractivity contribution in [3.8, 4) is 0 Å². The van der Waals surface area contributed by atoms with Crippen molar-refractivity contribution in [2.45, 2.75) is 39.0 Å². The third-order valence-corrected chi connectivity index (χ3v) is 4.91. The molecule has 2 fully saturated rings. The summed E-state index contributed by atoms with van der Waals surface area (Å²) in [5, 5.41) is 13.4. The molecule has 1 saturated carbocycles. The molecule has 0 bridgehead atoms. The summed E-state index contributed by atoms with van der Waals surface area (Å²) in [5.74, 6) is -0.561. The van der Waals surface area contributed by atoms with Gasteiger partial charge in [-0.1, -0.05) is 25.4 Å². The molecule has 6 nitrogen and oxygen atoms in total. The van der Waals surface area contributed by atoms with Crippen molar-refractivity contribution < 1.29 is 19.2 Å². The summed E-state index contributed by atoms with van der Waals surface area (Å²) in [6.07, 6.45) is 2.47. The van der Waals surface area contributed by atoms with Crippen molar-refractivity contribution in [2.75, 3.05) is 13.1 Å². The molecular formula is C15H20N2O4. The highest BCUT2D eigenvalue weighted by Crippen LogP contribution is 2.49. The average Bonchev–Trinajstić information content (AvgIpc) is 3.11. The summed E-state index contributed by atoms with van der Waals surface area (Å²) in [6.45, 7) is 4.74. The molecule has 1 aromatic rings. The fraction of sp³-hybridized carbons (Fsp3) is 0.667. The zero-order valence-electron chi connectivity index (χ0n) is 12.3. The zero-order valence-corrected chi connectivity index (χ0v) is 12.3. The number of fused-ring (bicyclic) bond motifs is 1. The van der Waals surface area contributed by atoms with E-state index in [0.717, 1.165) is 18.5 Å². The van der Waals surface area contributed by atoms with Crippen LogP contribution in [-0.4, -0.2) is 40.1 Å². The van der Waals surface area contributed by atoms with E-state index < -0.39 is 11.4 Å². The number of carboxylic acids is 1. The Balaban J connectivity index is 1.79. The first-order valence-corrected chi connectivity index (χ1v) is 7.43. The van der Waals surface area contributed by atoms with Crippen LogP contribution in [0.1, 0.15) is 55.3 Å². The molecule has 21 heavy (non-hydrogen) atoms. The van der Waals surface area contributed by atoms with Crippen molar-refractivity contribution >= 4 is 11.9 Å². The van der Waals surface area contributed by atoms with Gasteiger partial charge in [0.15, 0.2) is 0 Å². The van der Waals surface area contributed by atoms with E-state index in [9.17, 15) is 14.7 Å². The van der Waals surface area contributed by atoms with E-state index in [1.807, 2.05) is 13.8 Å². The minimum absolute atomic E-state index is 0.0615. The minimum Gasteiger partial charge on any atom is -0.481 e. The lowest BCUT2D eigenvalue weighted by molar-refractivity contribution is -0.149. The number of aromatic nitrogens is 1. The van der Waals surface area contributed by atoms with Gasteiger partial charge in [-0.3, -0.25) is 9.59 Å². The second-order valence-corrected chi connectivity index (χ2v) is 6.51. The normalized spacial score (nSPS) is 28.1. The molecule has 2 atom stereocenters. The van der Waals surface area contributed by atoms with Crippen LogP contribution in [0.5, 0.6) is 0 Å². The first kappa shape index (κ1) is 14.1. The number of hydrogen-bond acceptors (Lipinski definition) is 4. The molecule has 1 amide bonds. The number of nitrogens with zero attached hydrogens (tertiary/aromatic N) is 2. The molecule has 2 heterocycles. The Hall–Kier alpha value is -1.85. The predicted molar refractivity (Wildman–Crippen MR) is 73.9 cm³/mol. The highest BCUT2D eigenvalue weighted by molar-refractivity contribution is 5.92. The number of carbonyl (C=O) groups excluding carboxylic acids is 1. The average molecular weight is 292 g/mol. The molecular weight excluding hydrogens is 272 g/mol. The van der Waals surface area contributed by atoms with Crippen molar-refractivity contribution in [3.05, 3.63) is 17.5 Å². The summed E-state index contributed by atoms with van der Waals surface area (Å²) in [7, 11) is 0. The maximum absolute atomic E-state index is 12.5. The Morgan fingerprint density at radius 2 is 2.29 bits per heavy atom. The molecule has 1 aliphatic heterocycles. The summed E-state index contributed by atoms with van der Waals surface area (Å²) in [5.41, 5.74) is -0.0120. The fourth-order valence-corrected chi connectivity index (χ4v) is 3.61. The maximum atomic E-state index is 12.5. The Kier molecular flexibility index (Phi) is 3.26. The minimum atomic E-state index is -0.777. The van der Waals surface area contributed by atoms with Gasteiger partial charge in [0.2, 0.25) is 5.76 Å². The predicted octanol–water partition coefficient (Wildman–Crippen LogP) is 2.12. The van der Waals surface area contributed by atoms with Gasteiger partial charge in [0.05, 0.1) is 11.1 Å². The van der Waals surface area contributed by atoms with Gasteiger partial charge in [0.25, 0.3) is 5.91 Å². The number of amides is 1. The molecule has 114 valence electrons. The van der Waals surface area contributed by atoms with Gasteiger partial charge in [0.1, 0.15) is 0 Å². The second-order valence-electron chi connectivity index (χ2n) is 6.51. The number of aliphatic carboxylic acids is 1. The second kappa shape index (κ2) is 4.86. The number of carbonyl (C=O) groups is 2. The standard InChI is InChI=1S/C15H20N2O4/c1-9(2)11-6-12(21-16-11)13(18)17-7-10-4-3-5-15(10,8-17)14(19)20/h6,9-10H,3-5,7-8H2,1-2H3,(H,19,20)/t10-,15+/m0/s1. The van der Waals surface area contributed by atoms with E-state index >= 15 is 0 Å². The van der Waals surface area contributed by atoms with Crippen molar-refractivity contribution in [3.63, 3.8) is 0 Å². The Labute approximate surface area is 123 Å². The van der Waals surface area contributed by atoms with E-state index in [1.54, 1.807) is 11.0 Å². The lowest BCUT2D eigenvalue weighted by atomic mass is 9.81. The molecule has 0 spiro atoms. The lowest BCUT2D eigenvalue weighted by Gasteiger charge is -2.22. The molecule has 1 N–H and O–H groups in total. The summed E-state index contributed by atoms with van der Waals surface area (Å²) < 4.78 is 5.13. The van der Waals surface area contributed by atoms with E-state index in [1.165, 1.54) is 0 Å². The molecule has 3 rings (SSSR count). The quantitative estimate of drug-likeness (QED) is 0.922. The fourth-order valence-electron chi connectivity index (χ4n) is 3.61. The molecule has 2 aliphatic rings. The molecule has 0 aromatic carbocycles. The number of rotatable bonds is 3. The number of carboxylic acid groups (broad SMARTS) is 1. The van der Waals surface area contributed by atoms with Crippen LogP contribution >= 0.6 is 0 Å². The SMILES string of the molecule is CC(C)c1cc(C(=O)N2C[C@@H]3CCC[C@@]3(C(=O)O)C2)on1. The Morgan fingerprint density at radius 3 is 2.86 bits per heavy atom. The van der Waals surface area contributed by atoms with Crippen LogP contribution in [0.15, 0.2) is 10.6 Å². The number of likely N-dealkylation sites (tertiary alicyclic amines) is 1. The molecule has 1 saturated heterocycles. The van der Waals surface area contributed by atoms with Gasteiger partial charge in [0, 0.05) is 19.2 Å². The number of hydrogen-bond donors (Lipinski definition) is 1. The Bertz CT molecular complexity index is 580. The van der Waals surface area contributed by atoms with Crippen LogP contribution in [0, 0.1) is 11.3 Å². The molecule has 1 aromatic heterocycles. The molecule has 6 heteroatoms. The smallest absolute Gasteiger partial charge is 0.311 e. The molecule has 0 unspecified atom stereocenters. The largest absolute Gasteiger partial charge is 0.481 e. The van der Waals surface area contributed by atoms with Crippen molar-refractivity contribution in [2.24, 2.45) is 11.3 Å². The lowest BCUT2D eigenvalue weighted by Crippen LogP contribution is -2.37. The van der Waals surface area contributed by atoms with Crippen molar-refractivity contribution in [1.82, 2.24) is 10.1 Å². The third-order valence-electron chi connectivity index (χ3n) is 4.91. The third kappa shape index (κ3) is 2.13. The van der Waals surface area contributed by atoms with Gasteiger partial charge < -0.3 is 14.5 Å². The van der Waals surface area contributed by atoms with Crippen molar-refractivity contribution in [1.29, 1.82) is 0 Å². The van der Waals surface area contributed by atoms with Crippen LogP contribution in [-0.2, 0) is 4.79 Å². The van der Waals surface area contributed by atoms with Crippen LogP contribution in [0.3, 0.4) is 0 Å². The summed E-state index contributed by atoms with van der Waals surface area (Å²) >= 11 is 0. The summed E-state index contributed by atoms with van der Waals surface area (Å²) in [6, 6.07) is 1.66. The van der Waals surface area contributed by atoms with Gasteiger partial charge in [-0.2, -0.15) is 0 Å². The van der Waals surface area contributed by atoms with Gasteiger partial charge >= 0.3 is 5.97 Å². The van der Waals surface area contributed by atoms with E-state index in [-0.39, 0.29) is 30.0 Å². The summed E-state index contributed by atoms with van der Waals surface area (Å²) in [4.78, 5) is 25.7. The van der Waals surface area contributed by atoms with Crippen LogP contribution in [0.4, 0.5) is 0 Å². The highest BCUT2D eigenvalue weighted by Gasteiger charge is 2.56. The van der Waals surface area contributed by atoms with E-state index in [4.69, 9.17) is 4.52 Å². The van der Waals surface area contributed by atoms with Gasteiger partial charge in [-0.25, -0.2) is 0 Å².